The smallest absolute Gasteiger partial charge is 0.128 e. The van der Waals surface area contributed by atoms with Crippen molar-refractivity contribution in [2.45, 2.75) is 32.7 Å². The predicted molar refractivity (Wildman–Crippen MR) is 105 cm³/mol. The molecule has 0 amide bonds. The number of nitrogens with one attached hydrogen (secondary N) is 1. The van der Waals surface area contributed by atoms with E-state index < -0.39 is 0 Å². The first-order valence-corrected chi connectivity index (χ1v) is 9.14. The lowest BCUT2D eigenvalue weighted by Crippen LogP contribution is -2.48. The molecule has 0 saturated carbocycles. The molecule has 0 bridgehead atoms. The molecule has 1 N–H and O–H groups in total. The zero-order chi connectivity index (χ0) is 17.9. The van der Waals surface area contributed by atoms with Gasteiger partial charge in [0.2, 0.25) is 0 Å². The molecule has 25 heavy (non-hydrogen) atoms. The molecule has 3 rings (SSSR count). The van der Waals surface area contributed by atoms with Gasteiger partial charge in [-0.05, 0) is 16.5 Å². The van der Waals surface area contributed by atoms with Crippen LogP contribution < -0.4 is 0 Å². The van der Waals surface area contributed by atoms with Crippen LogP contribution in [0.15, 0.2) is 54.6 Å². The Morgan fingerprint density at radius 1 is 0.880 bits per heavy atom. The molecule has 0 unspecified atom stereocenters. The second-order valence-corrected chi connectivity index (χ2v) is 7.92. The van der Waals surface area contributed by atoms with Gasteiger partial charge in [0.05, 0.1) is 0 Å². The molecule has 0 atom stereocenters. The SMILES string of the molecule is CC(C)(C)c1ccc(C(=N)N2CCN(Cc3ccccc3)CC2)cc1. The van der Waals surface area contributed by atoms with Crippen LogP contribution in [0.4, 0.5) is 0 Å². The molecular weight excluding hydrogens is 306 g/mol. The fraction of sp³-hybridized carbons (Fsp3) is 0.409. The Morgan fingerprint density at radius 3 is 2.04 bits per heavy atom. The van der Waals surface area contributed by atoms with Gasteiger partial charge in [0.15, 0.2) is 0 Å². The second-order valence-electron chi connectivity index (χ2n) is 7.92. The van der Waals surface area contributed by atoms with Crippen LogP contribution in [0, 0.1) is 5.41 Å². The molecule has 1 aliphatic heterocycles. The van der Waals surface area contributed by atoms with Crippen molar-refractivity contribution in [3.63, 3.8) is 0 Å². The Labute approximate surface area is 151 Å². The Hall–Kier alpha value is -2.13. The number of nitrogens with zero attached hydrogens (tertiary/aromatic N) is 2. The minimum atomic E-state index is 0.157. The zero-order valence-corrected chi connectivity index (χ0v) is 15.6. The third kappa shape index (κ3) is 4.49. The molecule has 1 heterocycles. The topological polar surface area (TPSA) is 30.3 Å². The highest BCUT2D eigenvalue weighted by Crippen LogP contribution is 2.22. The fourth-order valence-electron chi connectivity index (χ4n) is 3.28. The largest absolute Gasteiger partial charge is 0.354 e. The van der Waals surface area contributed by atoms with E-state index in [0.717, 1.165) is 38.3 Å². The molecule has 3 heteroatoms. The first-order chi connectivity index (χ1) is 11.9. The second kappa shape index (κ2) is 7.40. The molecule has 0 aliphatic carbocycles. The lowest BCUT2D eigenvalue weighted by Gasteiger charge is -2.36. The maximum atomic E-state index is 8.54. The summed E-state index contributed by atoms with van der Waals surface area (Å²) < 4.78 is 0. The molecule has 1 fully saturated rings. The van der Waals surface area contributed by atoms with Crippen LogP contribution in [0.2, 0.25) is 0 Å². The van der Waals surface area contributed by atoms with Crippen molar-refractivity contribution < 1.29 is 0 Å². The number of piperazine rings is 1. The van der Waals surface area contributed by atoms with Gasteiger partial charge in [-0.15, -0.1) is 0 Å². The minimum Gasteiger partial charge on any atom is -0.354 e. The van der Waals surface area contributed by atoms with E-state index in [1.165, 1.54) is 11.1 Å². The number of amidine groups is 1. The number of hydrogen-bond donors (Lipinski definition) is 1. The van der Waals surface area contributed by atoms with Gasteiger partial charge in [-0.25, -0.2) is 0 Å². The van der Waals surface area contributed by atoms with Gasteiger partial charge in [-0.2, -0.15) is 0 Å². The molecule has 0 spiro atoms. The van der Waals surface area contributed by atoms with Crippen molar-refractivity contribution >= 4 is 5.84 Å². The van der Waals surface area contributed by atoms with Gasteiger partial charge in [0, 0.05) is 38.3 Å². The average molecular weight is 335 g/mol. The molecule has 0 aromatic heterocycles. The molecule has 2 aromatic rings. The Balaban J connectivity index is 1.56. The molecule has 1 aliphatic rings. The van der Waals surface area contributed by atoms with E-state index in [1.807, 2.05) is 0 Å². The summed E-state index contributed by atoms with van der Waals surface area (Å²) in [5, 5.41) is 8.54. The Morgan fingerprint density at radius 2 is 1.48 bits per heavy atom. The molecule has 132 valence electrons. The van der Waals surface area contributed by atoms with Crippen LogP contribution in [0.5, 0.6) is 0 Å². The lowest BCUT2D eigenvalue weighted by molar-refractivity contribution is 0.175. The van der Waals surface area contributed by atoms with Crippen LogP contribution in [0.1, 0.15) is 37.5 Å². The Kier molecular flexibility index (Phi) is 5.24. The van der Waals surface area contributed by atoms with Crippen molar-refractivity contribution in [3.8, 4) is 0 Å². The van der Waals surface area contributed by atoms with Gasteiger partial charge in [-0.3, -0.25) is 10.3 Å². The van der Waals surface area contributed by atoms with E-state index in [9.17, 15) is 0 Å². The molecule has 0 radical (unpaired) electrons. The average Bonchev–Trinajstić information content (AvgIpc) is 2.62. The van der Waals surface area contributed by atoms with Crippen LogP contribution in [0.3, 0.4) is 0 Å². The van der Waals surface area contributed by atoms with E-state index >= 15 is 0 Å². The van der Waals surface area contributed by atoms with Crippen molar-refractivity contribution in [1.82, 2.24) is 9.80 Å². The molecular formula is C22H29N3. The highest BCUT2D eigenvalue weighted by Gasteiger charge is 2.20. The lowest BCUT2D eigenvalue weighted by atomic mass is 9.86. The number of benzene rings is 2. The fourth-order valence-corrected chi connectivity index (χ4v) is 3.28. The quantitative estimate of drug-likeness (QED) is 0.675. The third-order valence-corrected chi connectivity index (χ3v) is 4.96. The summed E-state index contributed by atoms with van der Waals surface area (Å²) in [6.07, 6.45) is 0. The molecule has 3 nitrogen and oxygen atoms in total. The molecule has 1 saturated heterocycles. The number of hydrogen-bond acceptors (Lipinski definition) is 2. The highest BCUT2D eigenvalue weighted by molar-refractivity contribution is 5.96. The van der Waals surface area contributed by atoms with E-state index in [0.29, 0.717) is 5.84 Å². The third-order valence-electron chi connectivity index (χ3n) is 4.96. The van der Waals surface area contributed by atoms with Gasteiger partial charge in [-0.1, -0.05) is 75.4 Å². The first-order valence-electron chi connectivity index (χ1n) is 9.14. The van der Waals surface area contributed by atoms with E-state index in [2.05, 4.69) is 85.2 Å². The highest BCUT2D eigenvalue weighted by atomic mass is 15.3. The molecule has 2 aromatic carbocycles. The number of rotatable bonds is 3. The Bertz CT molecular complexity index is 690. The van der Waals surface area contributed by atoms with E-state index in [4.69, 9.17) is 5.41 Å². The predicted octanol–water partition coefficient (Wildman–Crippen LogP) is 4.13. The minimum absolute atomic E-state index is 0.157. The maximum absolute atomic E-state index is 8.54. The summed E-state index contributed by atoms with van der Waals surface area (Å²) in [6.45, 7) is 11.5. The van der Waals surface area contributed by atoms with Gasteiger partial charge in [0.25, 0.3) is 0 Å². The normalized spacial score (nSPS) is 16.0. The zero-order valence-electron chi connectivity index (χ0n) is 15.6. The van der Waals surface area contributed by atoms with Crippen molar-refractivity contribution in [2.75, 3.05) is 26.2 Å². The maximum Gasteiger partial charge on any atom is 0.128 e. The van der Waals surface area contributed by atoms with Gasteiger partial charge in [0.1, 0.15) is 5.84 Å². The van der Waals surface area contributed by atoms with Gasteiger partial charge < -0.3 is 4.90 Å². The van der Waals surface area contributed by atoms with Gasteiger partial charge >= 0.3 is 0 Å². The van der Waals surface area contributed by atoms with Crippen molar-refractivity contribution in [2.24, 2.45) is 0 Å². The van der Waals surface area contributed by atoms with Crippen molar-refractivity contribution in [1.29, 1.82) is 5.41 Å². The standard InChI is InChI=1S/C22H29N3/c1-22(2,3)20-11-9-19(10-12-20)21(23)25-15-13-24(14-16-25)17-18-7-5-4-6-8-18/h4-12,23H,13-17H2,1-3H3. The monoisotopic (exact) mass is 335 g/mol. The summed E-state index contributed by atoms with van der Waals surface area (Å²) in [6, 6.07) is 19.2. The van der Waals surface area contributed by atoms with Crippen molar-refractivity contribution in [3.05, 3.63) is 71.3 Å². The summed E-state index contributed by atoms with van der Waals surface area (Å²) in [4.78, 5) is 4.68. The summed E-state index contributed by atoms with van der Waals surface area (Å²) in [5.41, 5.74) is 3.86. The summed E-state index contributed by atoms with van der Waals surface area (Å²) in [5.74, 6) is 0.653. The first kappa shape index (κ1) is 17.7. The van der Waals surface area contributed by atoms with Crippen LogP contribution in [-0.4, -0.2) is 41.8 Å². The summed E-state index contributed by atoms with van der Waals surface area (Å²) >= 11 is 0. The summed E-state index contributed by atoms with van der Waals surface area (Å²) in [7, 11) is 0. The van der Waals surface area contributed by atoms with E-state index in [-0.39, 0.29) is 5.41 Å². The van der Waals surface area contributed by atoms with Crippen LogP contribution in [-0.2, 0) is 12.0 Å². The van der Waals surface area contributed by atoms with E-state index in [1.54, 1.807) is 0 Å². The van der Waals surface area contributed by atoms with Crippen LogP contribution >= 0.6 is 0 Å². The van der Waals surface area contributed by atoms with Crippen LogP contribution in [0.25, 0.3) is 0 Å².